The number of carbonyl (C=O) groups is 3. The molecule has 2 rings (SSSR count). The summed E-state index contributed by atoms with van der Waals surface area (Å²) < 4.78 is 15.0. The average Bonchev–Trinajstić information content (AvgIpc) is 2.66. The van der Waals surface area contributed by atoms with Crippen LogP contribution in [0.3, 0.4) is 0 Å². The van der Waals surface area contributed by atoms with Crippen LogP contribution in [0.1, 0.15) is 33.2 Å². The van der Waals surface area contributed by atoms with Crippen molar-refractivity contribution in [1.82, 2.24) is 0 Å². The molecule has 0 radical (unpaired) electrons. The van der Waals surface area contributed by atoms with E-state index in [0.29, 0.717) is 22.4 Å². The van der Waals surface area contributed by atoms with Crippen molar-refractivity contribution >= 4 is 23.8 Å². The molecule has 0 aromatic heterocycles. The van der Waals surface area contributed by atoms with E-state index in [9.17, 15) is 14.4 Å². The molecule has 0 heterocycles. The Hall–Kier alpha value is -3.41. The molecule has 0 amide bonds. The summed E-state index contributed by atoms with van der Waals surface area (Å²) in [6.07, 6.45) is 2.81. The fourth-order valence-corrected chi connectivity index (χ4v) is 2.13. The van der Waals surface area contributed by atoms with Crippen molar-refractivity contribution < 1.29 is 28.6 Å². The summed E-state index contributed by atoms with van der Waals surface area (Å²) in [5.41, 5.74) is 1.60. The molecule has 0 bridgehead atoms. The lowest BCUT2D eigenvalue weighted by atomic mass is 10.1. The van der Waals surface area contributed by atoms with Gasteiger partial charge in [-0.2, -0.15) is 0 Å². The van der Waals surface area contributed by atoms with Crippen LogP contribution in [0.4, 0.5) is 0 Å². The summed E-state index contributed by atoms with van der Waals surface area (Å²) >= 11 is 0. The van der Waals surface area contributed by atoms with Crippen molar-refractivity contribution in [2.45, 2.75) is 6.92 Å². The molecule has 0 saturated carbocycles. The standard InChI is InChI=1S/C20H18O6/c1-13(21)16-9-10-17(18(12-16)24-2)26-19(22)11-6-14-4-7-15(8-5-14)20(23)25-3/h4-12H,1-3H3/b11-6+. The molecule has 6 nitrogen and oxygen atoms in total. The monoisotopic (exact) mass is 354 g/mol. The van der Waals surface area contributed by atoms with Crippen LogP contribution in [0, 0.1) is 0 Å². The van der Waals surface area contributed by atoms with E-state index in [1.807, 2.05) is 0 Å². The smallest absolute Gasteiger partial charge is 0.337 e. The van der Waals surface area contributed by atoms with E-state index in [2.05, 4.69) is 4.74 Å². The molecule has 0 fully saturated rings. The van der Waals surface area contributed by atoms with Crippen molar-refractivity contribution in [2.75, 3.05) is 14.2 Å². The van der Waals surface area contributed by atoms with Gasteiger partial charge in [-0.25, -0.2) is 9.59 Å². The van der Waals surface area contributed by atoms with Crippen molar-refractivity contribution in [3.05, 3.63) is 65.2 Å². The van der Waals surface area contributed by atoms with Gasteiger partial charge in [0, 0.05) is 11.6 Å². The summed E-state index contributed by atoms with van der Waals surface area (Å²) in [6, 6.07) is 11.1. The van der Waals surface area contributed by atoms with Gasteiger partial charge in [-0.05, 0) is 48.9 Å². The predicted molar refractivity (Wildman–Crippen MR) is 95.4 cm³/mol. The van der Waals surface area contributed by atoms with Gasteiger partial charge in [-0.1, -0.05) is 12.1 Å². The van der Waals surface area contributed by atoms with E-state index in [0.717, 1.165) is 0 Å². The first-order valence-corrected chi connectivity index (χ1v) is 7.72. The van der Waals surface area contributed by atoms with E-state index in [4.69, 9.17) is 9.47 Å². The first-order valence-electron chi connectivity index (χ1n) is 7.72. The second-order valence-corrected chi connectivity index (χ2v) is 5.29. The molecule has 0 N–H and O–H groups in total. The molecule has 0 unspecified atom stereocenters. The molecule has 0 aliphatic rings. The van der Waals surface area contributed by atoms with Gasteiger partial charge in [0.25, 0.3) is 0 Å². The fourth-order valence-electron chi connectivity index (χ4n) is 2.13. The van der Waals surface area contributed by atoms with Gasteiger partial charge in [0.15, 0.2) is 17.3 Å². The van der Waals surface area contributed by atoms with Gasteiger partial charge >= 0.3 is 11.9 Å². The van der Waals surface area contributed by atoms with Crippen LogP contribution in [0.25, 0.3) is 6.08 Å². The third-order valence-electron chi connectivity index (χ3n) is 3.52. The molecule has 134 valence electrons. The molecule has 0 saturated heterocycles. The minimum absolute atomic E-state index is 0.114. The van der Waals surface area contributed by atoms with Crippen LogP contribution in [-0.4, -0.2) is 31.9 Å². The first kappa shape index (κ1) is 18.9. The largest absolute Gasteiger partial charge is 0.493 e. The summed E-state index contributed by atoms with van der Waals surface area (Å²) in [5, 5.41) is 0. The minimum Gasteiger partial charge on any atom is -0.493 e. The Labute approximate surface area is 151 Å². The van der Waals surface area contributed by atoms with Crippen LogP contribution in [0.2, 0.25) is 0 Å². The number of hydrogen-bond acceptors (Lipinski definition) is 6. The highest BCUT2D eigenvalue weighted by atomic mass is 16.6. The average molecular weight is 354 g/mol. The van der Waals surface area contributed by atoms with Gasteiger partial charge in [0.05, 0.1) is 19.8 Å². The summed E-state index contributed by atoms with van der Waals surface area (Å²) in [5.74, 6) is -0.636. The second kappa shape index (κ2) is 8.62. The van der Waals surface area contributed by atoms with Crippen molar-refractivity contribution in [3.63, 3.8) is 0 Å². The van der Waals surface area contributed by atoms with Gasteiger partial charge in [0.2, 0.25) is 0 Å². The Kier molecular flexibility index (Phi) is 6.27. The zero-order valence-electron chi connectivity index (χ0n) is 14.6. The van der Waals surface area contributed by atoms with Gasteiger partial charge in [-0.3, -0.25) is 4.79 Å². The van der Waals surface area contributed by atoms with Crippen LogP contribution in [-0.2, 0) is 9.53 Å². The zero-order valence-corrected chi connectivity index (χ0v) is 14.6. The third kappa shape index (κ3) is 4.80. The molecule has 0 aliphatic heterocycles. The SMILES string of the molecule is COC(=O)c1ccc(/C=C/C(=O)Oc2ccc(C(C)=O)cc2OC)cc1. The Bertz CT molecular complexity index is 849. The van der Waals surface area contributed by atoms with Crippen LogP contribution < -0.4 is 9.47 Å². The van der Waals surface area contributed by atoms with Gasteiger partial charge < -0.3 is 14.2 Å². The Balaban J connectivity index is 2.07. The highest BCUT2D eigenvalue weighted by Gasteiger charge is 2.11. The summed E-state index contributed by atoms with van der Waals surface area (Å²) in [6.45, 7) is 1.44. The van der Waals surface area contributed by atoms with E-state index in [1.165, 1.54) is 39.4 Å². The predicted octanol–water partition coefficient (Wildman–Crippen LogP) is 3.30. The molecule has 6 heteroatoms. The maximum Gasteiger partial charge on any atom is 0.337 e. The van der Waals surface area contributed by atoms with Gasteiger partial charge in [0.1, 0.15) is 0 Å². The van der Waals surface area contributed by atoms with Crippen molar-refractivity contribution in [1.29, 1.82) is 0 Å². The Morgan fingerprint density at radius 2 is 1.54 bits per heavy atom. The normalized spacial score (nSPS) is 10.4. The van der Waals surface area contributed by atoms with E-state index in [1.54, 1.807) is 36.4 Å². The first-order chi connectivity index (χ1) is 12.4. The molecule has 0 atom stereocenters. The fraction of sp³-hybridized carbons (Fsp3) is 0.150. The molecular weight excluding hydrogens is 336 g/mol. The van der Waals surface area contributed by atoms with E-state index in [-0.39, 0.29) is 11.5 Å². The van der Waals surface area contributed by atoms with Crippen molar-refractivity contribution in [2.24, 2.45) is 0 Å². The number of ether oxygens (including phenoxy) is 3. The van der Waals surface area contributed by atoms with Gasteiger partial charge in [-0.15, -0.1) is 0 Å². The third-order valence-corrected chi connectivity index (χ3v) is 3.52. The number of Topliss-reactive ketones (excluding diaryl/α,β-unsaturated/α-hetero) is 1. The van der Waals surface area contributed by atoms with Crippen LogP contribution in [0.15, 0.2) is 48.5 Å². The topological polar surface area (TPSA) is 78.9 Å². The maximum atomic E-state index is 12.0. The number of methoxy groups -OCH3 is 2. The minimum atomic E-state index is -0.601. The lowest BCUT2D eigenvalue weighted by molar-refractivity contribution is -0.129. The van der Waals surface area contributed by atoms with E-state index < -0.39 is 11.9 Å². The lowest BCUT2D eigenvalue weighted by Crippen LogP contribution is -2.06. The number of ketones is 1. The Morgan fingerprint density at radius 1 is 0.885 bits per heavy atom. The summed E-state index contributed by atoms with van der Waals surface area (Å²) in [4.78, 5) is 34.8. The molecule has 0 aliphatic carbocycles. The second-order valence-electron chi connectivity index (χ2n) is 5.29. The number of carbonyl (C=O) groups excluding carboxylic acids is 3. The summed E-state index contributed by atoms with van der Waals surface area (Å²) in [7, 11) is 2.73. The number of hydrogen-bond donors (Lipinski definition) is 0. The van der Waals surface area contributed by atoms with Crippen molar-refractivity contribution in [3.8, 4) is 11.5 Å². The quantitative estimate of drug-likeness (QED) is 0.343. The highest BCUT2D eigenvalue weighted by Crippen LogP contribution is 2.28. The number of benzene rings is 2. The van der Waals surface area contributed by atoms with Crippen LogP contribution >= 0.6 is 0 Å². The number of rotatable bonds is 6. The Morgan fingerprint density at radius 3 is 2.12 bits per heavy atom. The molecule has 0 spiro atoms. The van der Waals surface area contributed by atoms with E-state index >= 15 is 0 Å². The zero-order chi connectivity index (χ0) is 19.1. The highest BCUT2D eigenvalue weighted by molar-refractivity contribution is 5.95. The maximum absolute atomic E-state index is 12.0. The lowest BCUT2D eigenvalue weighted by Gasteiger charge is -2.08. The molecule has 2 aromatic rings. The molecular formula is C20H18O6. The molecule has 2 aromatic carbocycles. The molecule has 26 heavy (non-hydrogen) atoms. The van der Waals surface area contributed by atoms with Crippen LogP contribution in [0.5, 0.6) is 11.5 Å². The number of esters is 2.